The minimum Gasteiger partial charge on any atom is -0.490 e. The van der Waals surface area contributed by atoms with E-state index in [1.165, 1.54) is 0 Å². The van der Waals surface area contributed by atoms with Gasteiger partial charge in [0.2, 0.25) is 0 Å². The van der Waals surface area contributed by atoms with Crippen LogP contribution in [0.2, 0.25) is 0 Å². The number of nitrogens with one attached hydrogen (secondary N) is 2. The number of alkyl halides is 2. The van der Waals surface area contributed by atoms with Crippen LogP contribution in [0, 0.1) is 0 Å². The van der Waals surface area contributed by atoms with Crippen LogP contribution in [0.5, 0.6) is 11.5 Å². The van der Waals surface area contributed by atoms with E-state index in [0.717, 1.165) is 0 Å². The highest BCUT2D eigenvalue weighted by atomic mass is 35.5. The maximum atomic E-state index is 11.6. The highest BCUT2D eigenvalue weighted by molar-refractivity contribution is 6.53. The molecular formula is C14H18Cl2N2O4. The highest BCUT2D eigenvalue weighted by Gasteiger charge is 2.10. The third kappa shape index (κ3) is 6.87. The van der Waals surface area contributed by atoms with Crippen LogP contribution < -0.4 is 20.1 Å². The van der Waals surface area contributed by atoms with Crippen LogP contribution in [0.25, 0.3) is 0 Å². The minimum atomic E-state index is -1.12. The third-order valence-corrected chi connectivity index (χ3v) is 2.85. The van der Waals surface area contributed by atoms with Gasteiger partial charge in [-0.05, 0) is 19.1 Å². The summed E-state index contributed by atoms with van der Waals surface area (Å²) in [7, 11) is 0. The molecule has 0 bridgehead atoms. The summed E-state index contributed by atoms with van der Waals surface area (Å²) in [6, 6.07) is 7.10. The molecule has 0 radical (unpaired) electrons. The van der Waals surface area contributed by atoms with Gasteiger partial charge >= 0.3 is 0 Å². The molecule has 0 aromatic heterocycles. The molecule has 0 heterocycles. The van der Waals surface area contributed by atoms with E-state index in [1.54, 1.807) is 18.2 Å². The van der Waals surface area contributed by atoms with Gasteiger partial charge in [0.25, 0.3) is 11.8 Å². The van der Waals surface area contributed by atoms with Crippen molar-refractivity contribution in [3.8, 4) is 11.5 Å². The Morgan fingerprint density at radius 3 is 2.27 bits per heavy atom. The Morgan fingerprint density at radius 1 is 1.09 bits per heavy atom. The van der Waals surface area contributed by atoms with Crippen molar-refractivity contribution in [1.29, 1.82) is 0 Å². The van der Waals surface area contributed by atoms with E-state index < -0.39 is 10.7 Å². The quantitative estimate of drug-likeness (QED) is 0.523. The van der Waals surface area contributed by atoms with Crippen molar-refractivity contribution in [3.05, 3.63) is 24.3 Å². The average Bonchev–Trinajstić information content (AvgIpc) is 2.50. The fourth-order valence-electron chi connectivity index (χ4n) is 1.50. The molecule has 2 amide bonds. The summed E-state index contributed by atoms with van der Waals surface area (Å²) in [6.45, 7) is 2.71. The first-order valence-corrected chi connectivity index (χ1v) is 7.59. The lowest BCUT2D eigenvalue weighted by atomic mass is 10.3. The second-order valence-corrected chi connectivity index (χ2v) is 5.21. The van der Waals surface area contributed by atoms with Crippen LogP contribution in [0.4, 0.5) is 0 Å². The molecule has 1 aromatic rings. The molecule has 22 heavy (non-hydrogen) atoms. The van der Waals surface area contributed by atoms with Crippen LogP contribution in [-0.2, 0) is 9.59 Å². The molecule has 0 saturated heterocycles. The summed E-state index contributed by atoms with van der Waals surface area (Å²) < 4.78 is 10.8. The fourth-order valence-corrected chi connectivity index (χ4v) is 1.66. The summed E-state index contributed by atoms with van der Waals surface area (Å²) >= 11 is 10.7. The van der Waals surface area contributed by atoms with Gasteiger partial charge in [-0.15, -0.1) is 0 Å². The molecule has 0 aliphatic rings. The zero-order valence-corrected chi connectivity index (χ0v) is 13.6. The summed E-state index contributed by atoms with van der Waals surface area (Å²) in [5.74, 6) is 0.272. The van der Waals surface area contributed by atoms with E-state index in [-0.39, 0.29) is 25.6 Å². The molecule has 0 saturated carbocycles. The smallest absolute Gasteiger partial charge is 0.258 e. The molecule has 1 rings (SSSR count). The van der Waals surface area contributed by atoms with Crippen molar-refractivity contribution in [3.63, 3.8) is 0 Å². The van der Waals surface area contributed by atoms with Gasteiger partial charge in [-0.3, -0.25) is 9.59 Å². The number of amides is 2. The second-order valence-electron chi connectivity index (χ2n) is 4.11. The molecule has 8 heteroatoms. The number of halogens is 2. The minimum absolute atomic E-state index is 0.147. The number of ether oxygens (including phenoxy) is 2. The first-order valence-electron chi connectivity index (χ1n) is 6.71. The molecule has 0 atom stereocenters. The predicted octanol–water partition coefficient (Wildman–Crippen LogP) is 1.50. The molecule has 1 aromatic carbocycles. The van der Waals surface area contributed by atoms with E-state index in [1.807, 2.05) is 13.0 Å². The van der Waals surface area contributed by atoms with Gasteiger partial charge in [0.05, 0.1) is 6.61 Å². The zero-order chi connectivity index (χ0) is 16.4. The maximum absolute atomic E-state index is 11.6. The van der Waals surface area contributed by atoms with Gasteiger partial charge < -0.3 is 20.1 Å². The normalized spacial score (nSPS) is 10.2. The van der Waals surface area contributed by atoms with Gasteiger partial charge in [0.1, 0.15) is 0 Å². The van der Waals surface area contributed by atoms with Crippen LogP contribution in [0.15, 0.2) is 24.3 Å². The molecule has 0 aliphatic carbocycles. The van der Waals surface area contributed by atoms with E-state index >= 15 is 0 Å². The molecule has 0 aliphatic heterocycles. The summed E-state index contributed by atoms with van der Waals surface area (Å²) in [4.78, 5) is 21.6. The SMILES string of the molecule is CCOc1ccccc1OCC(=O)NCCNC(=O)C(Cl)Cl. The number of rotatable bonds is 9. The number of hydrogen-bond acceptors (Lipinski definition) is 4. The molecule has 0 fully saturated rings. The van der Waals surface area contributed by atoms with Gasteiger partial charge in [-0.1, -0.05) is 35.3 Å². The Hall–Kier alpha value is -1.66. The van der Waals surface area contributed by atoms with Crippen LogP contribution in [0.1, 0.15) is 6.92 Å². The Balaban J connectivity index is 2.27. The van der Waals surface area contributed by atoms with E-state index in [9.17, 15) is 9.59 Å². The Bertz CT molecular complexity index is 497. The molecule has 6 nitrogen and oxygen atoms in total. The van der Waals surface area contributed by atoms with Crippen molar-refractivity contribution in [1.82, 2.24) is 10.6 Å². The van der Waals surface area contributed by atoms with Gasteiger partial charge in [0, 0.05) is 13.1 Å². The number of carbonyl (C=O) groups excluding carboxylic acids is 2. The van der Waals surface area contributed by atoms with Crippen LogP contribution in [-0.4, -0.2) is 43.0 Å². The fraction of sp³-hybridized carbons (Fsp3) is 0.429. The first kappa shape index (κ1) is 18.4. The van der Waals surface area contributed by atoms with Gasteiger partial charge in [0.15, 0.2) is 22.9 Å². The molecule has 2 N–H and O–H groups in total. The van der Waals surface area contributed by atoms with Crippen molar-refractivity contribution >= 4 is 35.0 Å². The Labute approximate surface area is 139 Å². The number of benzene rings is 1. The van der Waals surface area contributed by atoms with Crippen LogP contribution >= 0.6 is 23.2 Å². The van der Waals surface area contributed by atoms with Crippen molar-refractivity contribution in [2.45, 2.75) is 11.8 Å². The molecule has 0 unspecified atom stereocenters. The van der Waals surface area contributed by atoms with Gasteiger partial charge in [-0.25, -0.2) is 0 Å². The standard InChI is InChI=1S/C14H18Cl2N2O4/c1-2-21-10-5-3-4-6-11(10)22-9-12(19)17-7-8-18-14(20)13(15)16/h3-6,13H,2,7-9H2,1H3,(H,17,19)(H,18,20). The molecular weight excluding hydrogens is 331 g/mol. The topological polar surface area (TPSA) is 76.7 Å². The highest BCUT2D eigenvalue weighted by Crippen LogP contribution is 2.26. The van der Waals surface area contributed by atoms with E-state index in [2.05, 4.69) is 10.6 Å². The maximum Gasteiger partial charge on any atom is 0.258 e. The predicted molar refractivity (Wildman–Crippen MR) is 84.6 cm³/mol. The van der Waals surface area contributed by atoms with E-state index in [4.69, 9.17) is 32.7 Å². The zero-order valence-electron chi connectivity index (χ0n) is 12.1. The monoisotopic (exact) mass is 348 g/mol. The van der Waals surface area contributed by atoms with E-state index in [0.29, 0.717) is 18.1 Å². The largest absolute Gasteiger partial charge is 0.490 e. The average molecular weight is 349 g/mol. The second kappa shape index (κ2) is 10.1. The lowest BCUT2D eigenvalue weighted by Gasteiger charge is -2.11. The summed E-state index contributed by atoms with van der Waals surface area (Å²) in [5.41, 5.74) is 0. The van der Waals surface area contributed by atoms with Crippen molar-refractivity contribution < 1.29 is 19.1 Å². The Morgan fingerprint density at radius 2 is 1.68 bits per heavy atom. The van der Waals surface area contributed by atoms with Crippen molar-refractivity contribution in [2.75, 3.05) is 26.3 Å². The third-order valence-electron chi connectivity index (χ3n) is 2.45. The lowest BCUT2D eigenvalue weighted by molar-refractivity contribution is -0.123. The number of hydrogen-bond donors (Lipinski definition) is 2. The van der Waals surface area contributed by atoms with Crippen molar-refractivity contribution in [2.24, 2.45) is 0 Å². The number of carbonyl (C=O) groups is 2. The molecule has 0 spiro atoms. The number of para-hydroxylation sites is 2. The Kier molecular flexibility index (Phi) is 8.47. The van der Waals surface area contributed by atoms with Crippen LogP contribution in [0.3, 0.4) is 0 Å². The summed E-state index contributed by atoms with van der Waals surface area (Å²) in [6.07, 6.45) is 0. The summed E-state index contributed by atoms with van der Waals surface area (Å²) in [5, 5.41) is 5.05. The first-order chi connectivity index (χ1) is 10.5. The van der Waals surface area contributed by atoms with Gasteiger partial charge in [-0.2, -0.15) is 0 Å². The lowest BCUT2D eigenvalue weighted by Crippen LogP contribution is -2.38. The molecule has 122 valence electrons.